The lowest BCUT2D eigenvalue weighted by Crippen LogP contribution is -2.05. The standard InChI is InChI=1S/C13H14N2O4S2/c1-21(18,19)11-4-2-10(3-5-11)6-8-14-13-12(15(16)17)7-9-20-13/h2-5,7,9,14H,6,8H2,1H3. The van der Waals surface area contributed by atoms with E-state index in [1.165, 1.54) is 23.7 Å². The molecular formula is C13H14N2O4S2. The van der Waals surface area contributed by atoms with Gasteiger partial charge in [0.15, 0.2) is 14.8 Å². The number of rotatable bonds is 6. The Balaban J connectivity index is 1.95. The fraction of sp³-hybridized carbons (Fsp3) is 0.231. The first-order valence-corrected chi connectivity index (χ1v) is 8.90. The monoisotopic (exact) mass is 326 g/mol. The van der Waals surface area contributed by atoms with Gasteiger partial charge in [0.2, 0.25) is 0 Å². The average Bonchev–Trinajstić information content (AvgIpc) is 2.87. The summed E-state index contributed by atoms with van der Waals surface area (Å²) in [4.78, 5) is 10.6. The van der Waals surface area contributed by atoms with Crippen LogP contribution in [0.2, 0.25) is 0 Å². The van der Waals surface area contributed by atoms with Crippen molar-refractivity contribution in [3.05, 3.63) is 51.4 Å². The van der Waals surface area contributed by atoms with Crippen molar-refractivity contribution in [3.63, 3.8) is 0 Å². The number of nitrogens with one attached hydrogen (secondary N) is 1. The van der Waals surface area contributed by atoms with Gasteiger partial charge in [-0.15, -0.1) is 11.3 Å². The molecule has 0 amide bonds. The molecule has 1 N–H and O–H groups in total. The summed E-state index contributed by atoms with van der Waals surface area (Å²) >= 11 is 1.29. The van der Waals surface area contributed by atoms with E-state index in [-0.39, 0.29) is 10.6 Å². The molecule has 0 saturated carbocycles. The molecule has 0 spiro atoms. The zero-order valence-electron chi connectivity index (χ0n) is 11.3. The second kappa shape index (κ2) is 6.23. The second-order valence-electron chi connectivity index (χ2n) is 4.48. The highest BCUT2D eigenvalue weighted by Gasteiger charge is 2.14. The molecule has 21 heavy (non-hydrogen) atoms. The molecule has 0 aliphatic rings. The van der Waals surface area contributed by atoms with E-state index in [0.29, 0.717) is 18.0 Å². The largest absolute Gasteiger partial charge is 0.371 e. The molecule has 0 atom stereocenters. The number of thiophene rings is 1. The Labute approximate surface area is 126 Å². The van der Waals surface area contributed by atoms with Gasteiger partial charge >= 0.3 is 5.69 Å². The molecule has 112 valence electrons. The van der Waals surface area contributed by atoms with Crippen molar-refractivity contribution in [3.8, 4) is 0 Å². The number of hydrogen-bond acceptors (Lipinski definition) is 6. The van der Waals surface area contributed by atoms with E-state index in [2.05, 4.69) is 5.32 Å². The van der Waals surface area contributed by atoms with Crippen LogP contribution in [0.15, 0.2) is 40.6 Å². The van der Waals surface area contributed by atoms with Crippen molar-refractivity contribution >= 4 is 31.9 Å². The summed E-state index contributed by atoms with van der Waals surface area (Å²) in [5, 5.41) is 16.0. The Bertz CT molecular complexity index is 736. The van der Waals surface area contributed by atoms with Crippen molar-refractivity contribution < 1.29 is 13.3 Å². The summed E-state index contributed by atoms with van der Waals surface area (Å²) in [6, 6.07) is 8.10. The van der Waals surface area contributed by atoms with Crippen LogP contribution in [0.3, 0.4) is 0 Å². The van der Waals surface area contributed by atoms with Crippen LogP contribution in [0, 0.1) is 10.1 Å². The maximum atomic E-state index is 11.3. The molecule has 0 aliphatic carbocycles. The van der Waals surface area contributed by atoms with Crippen LogP contribution >= 0.6 is 11.3 Å². The molecular weight excluding hydrogens is 312 g/mol. The third-order valence-electron chi connectivity index (χ3n) is 2.89. The Morgan fingerprint density at radius 2 is 1.90 bits per heavy atom. The van der Waals surface area contributed by atoms with Crippen molar-refractivity contribution in [1.82, 2.24) is 0 Å². The Morgan fingerprint density at radius 1 is 1.24 bits per heavy atom. The summed E-state index contributed by atoms with van der Waals surface area (Å²) in [6.45, 7) is 0.541. The van der Waals surface area contributed by atoms with Crippen molar-refractivity contribution in [2.75, 3.05) is 18.1 Å². The van der Waals surface area contributed by atoms with Gasteiger partial charge in [0, 0.05) is 18.9 Å². The lowest BCUT2D eigenvalue weighted by atomic mass is 10.1. The summed E-state index contributed by atoms with van der Waals surface area (Å²) < 4.78 is 22.7. The van der Waals surface area contributed by atoms with Gasteiger partial charge in [-0.25, -0.2) is 8.42 Å². The van der Waals surface area contributed by atoms with Crippen LogP contribution in [0.25, 0.3) is 0 Å². The third-order valence-corrected chi connectivity index (χ3v) is 4.88. The number of benzene rings is 1. The van der Waals surface area contributed by atoms with E-state index >= 15 is 0 Å². The summed E-state index contributed by atoms with van der Waals surface area (Å²) in [5.74, 6) is 0. The zero-order chi connectivity index (χ0) is 15.5. The van der Waals surface area contributed by atoms with E-state index in [1.807, 2.05) is 0 Å². The fourth-order valence-corrected chi connectivity index (χ4v) is 3.21. The number of anilines is 1. The van der Waals surface area contributed by atoms with Gasteiger partial charge in [0.25, 0.3) is 0 Å². The van der Waals surface area contributed by atoms with Crippen LogP contribution in [-0.4, -0.2) is 26.1 Å². The van der Waals surface area contributed by atoms with E-state index in [9.17, 15) is 18.5 Å². The van der Waals surface area contributed by atoms with E-state index < -0.39 is 14.8 Å². The minimum Gasteiger partial charge on any atom is -0.371 e. The minimum atomic E-state index is -3.18. The third kappa shape index (κ3) is 4.02. The van der Waals surface area contributed by atoms with E-state index in [4.69, 9.17) is 0 Å². The second-order valence-corrected chi connectivity index (χ2v) is 7.42. The molecule has 0 radical (unpaired) electrons. The summed E-state index contributed by atoms with van der Waals surface area (Å²) in [5.41, 5.74) is 1.04. The van der Waals surface area contributed by atoms with Gasteiger partial charge in [-0.2, -0.15) is 0 Å². The first-order chi connectivity index (χ1) is 9.88. The van der Waals surface area contributed by atoms with Crippen molar-refractivity contribution in [2.45, 2.75) is 11.3 Å². The quantitative estimate of drug-likeness (QED) is 0.651. The number of nitro groups is 1. The van der Waals surface area contributed by atoms with Gasteiger partial charge in [0.05, 0.1) is 9.82 Å². The highest BCUT2D eigenvalue weighted by atomic mass is 32.2. The molecule has 1 heterocycles. The van der Waals surface area contributed by atoms with Crippen LogP contribution in [0.5, 0.6) is 0 Å². The van der Waals surface area contributed by atoms with Crippen LogP contribution < -0.4 is 5.32 Å². The fourth-order valence-electron chi connectivity index (χ4n) is 1.80. The normalized spacial score (nSPS) is 11.3. The van der Waals surface area contributed by atoms with Crippen LogP contribution in [-0.2, 0) is 16.3 Å². The maximum absolute atomic E-state index is 11.3. The Hall–Kier alpha value is -1.93. The molecule has 0 fully saturated rings. The highest BCUT2D eigenvalue weighted by Crippen LogP contribution is 2.30. The molecule has 6 nitrogen and oxygen atoms in total. The number of sulfone groups is 1. The first kappa shape index (κ1) is 15.5. The van der Waals surface area contributed by atoms with Crippen molar-refractivity contribution in [1.29, 1.82) is 0 Å². The SMILES string of the molecule is CS(=O)(=O)c1ccc(CCNc2sccc2[N+](=O)[O-])cc1. The molecule has 2 aromatic rings. The lowest BCUT2D eigenvalue weighted by molar-refractivity contribution is -0.383. The van der Waals surface area contributed by atoms with Crippen LogP contribution in [0.1, 0.15) is 5.56 Å². The number of hydrogen-bond donors (Lipinski definition) is 1. The molecule has 0 aliphatic heterocycles. The molecule has 0 bridgehead atoms. The molecule has 2 rings (SSSR count). The number of nitrogens with zero attached hydrogens (tertiary/aromatic N) is 1. The summed E-state index contributed by atoms with van der Waals surface area (Å²) in [7, 11) is -3.18. The molecule has 0 unspecified atom stereocenters. The zero-order valence-corrected chi connectivity index (χ0v) is 12.9. The smallest absolute Gasteiger partial charge is 0.303 e. The molecule has 1 aromatic carbocycles. The topological polar surface area (TPSA) is 89.3 Å². The molecule has 1 aromatic heterocycles. The van der Waals surface area contributed by atoms with E-state index in [1.54, 1.807) is 29.6 Å². The average molecular weight is 326 g/mol. The van der Waals surface area contributed by atoms with E-state index in [0.717, 1.165) is 5.56 Å². The maximum Gasteiger partial charge on any atom is 0.303 e. The van der Waals surface area contributed by atoms with Gasteiger partial charge in [-0.3, -0.25) is 10.1 Å². The predicted molar refractivity (Wildman–Crippen MR) is 82.7 cm³/mol. The summed E-state index contributed by atoms with van der Waals surface area (Å²) in [6.07, 6.45) is 1.82. The minimum absolute atomic E-state index is 0.0763. The Kier molecular flexibility index (Phi) is 4.59. The predicted octanol–water partition coefficient (Wildman–Crippen LogP) is 2.71. The first-order valence-electron chi connectivity index (χ1n) is 6.12. The van der Waals surface area contributed by atoms with Crippen molar-refractivity contribution in [2.24, 2.45) is 0 Å². The Morgan fingerprint density at radius 3 is 2.48 bits per heavy atom. The van der Waals surface area contributed by atoms with Crippen LogP contribution in [0.4, 0.5) is 10.7 Å². The lowest BCUT2D eigenvalue weighted by Gasteiger charge is -2.05. The van der Waals surface area contributed by atoms with Gasteiger partial charge in [-0.1, -0.05) is 12.1 Å². The highest BCUT2D eigenvalue weighted by molar-refractivity contribution is 7.90. The van der Waals surface area contributed by atoms with Gasteiger partial charge < -0.3 is 5.32 Å². The van der Waals surface area contributed by atoms with Gasteiger partial charge in [-0.05, 0) is 29.5 Å². The van der Waals surface area contributed by atoms with Gasteiger partial charge in [0.1, 0.15) is 0 Å². The molecule has 8 heteroatoms. The molecule has 0 saturated heterocycles.